The number of rotatable bonds is 4. The number of nitrogens with one attached hydrogen (secondary N) is 1. The van der Waals surface area contributed by atoms with Gasteiger partial charge in [-0.2, -0.15) is 0 Å². The summed E-state index contributed by atoms with van der Waals surface area (Å²) < 4.78 is 0. The third-order valence-corrected chi connectivity index (χ3v) is 3.86. The lowest BCUT2D eigenvalue weighted by Gasteiger charge is -2.27. The Kier molecular flexibility index (Phi) is 4.18. The highest BCUT2D eigenvalue weighted by Crippen LogP contribution is 2.36. The van der Waals surface area contributed by atoms with Gasteiger partial charge in [0.15, 0.2) is 0 Å². The fraction of sp³-hybridized carbons (Fsp3) is 0.429. The van der Waals surface area contributed by atoms with Gasteiger partial charge >= 0.3 is 6.09 Å². The number of hydrogen-bond donors (Lipinski definition) is 2. The lowest BCUT2D eigenvalue weighted by Crippen LogP contribution is -2.34. The van der Waals surface area contributed by atoms with E-state index in [9.17, 15) is 14.7 Å². The lowest BCUT2D eigenvalue weighted by atomic mass is 10.0. The van der Waals surface area contributed by atoms with Gasteiger partial charge in [0.05, 0.1) is 6.04 Å². The highest BCUT2D eigenvalue weighted by atomic mass is 35.5. The Bertz CT molecular complexity index is 543. The average Bonchev–Trinajstić information content (AvgIpc) is 3.22. The van der Waals surface area contributed by atoms with E-state index in [1.54, 1.807) is 32.2 Å². The molecule has 108 valence electrons. The molecule has 1 saturated carbocycles. The van der Waals surface area contributed by atoms with E-state index in [1.807, 2.05) is 0 Å². The van der Waals surface area contributed by atoms with Gasteiger partial charge in [-0.25, -0.2) is 4.79 Å². The second-order valence-corrected chi connectivity index (χ2v) is 5.32. The first-order chi connectivity index (χ1) is 9.45. The van der Waals surface area contributed by atoms with Crippen molar-refractivity contribution in [2.45, 2.75) is 31.8 Å². The summed E-state index contributed by atoms with van der Waals surface area (Å²) in [5.74, 6) is -0.219. The van der Waals surface area contributed by atoms with Crippen molar-refractivity contribution >= 4 is 23.6 Å². The number of carbonyl (C=O) groups excluding carboxylic acids is 1. The minimum atomic E-state index is -0.957. The molecule has 1 fully saturated rings. The van der Waals surface area contributed by atoms with Crippen molar-refractivity contribution in [1.82, 2.24) is 10.2 Å². The molecule has 20 heavy (non-hydrogen) atoms. The second-order valence-electron chi connectivity index (χ2n) is 4.91. The molecule has 1 unspecified atom stereocenters. The van der Waals surface area contributed by atoms with Crippen LogP contribution in [0.25, 0.3) is 0 Å². The van der Waals surface area contributed by atoms with Gasteiger partial charge in [0, 0.05) is 23.7 Å². The molecule has 2 rings (SSSR count). The van der Waals surface area contributed by atoms with Crippen LogP contribution in [-0.4, -0.2) is 35.1 Å². The third-order valence-electron chi connectivity index (χ3n) is 3.51. The van der Waals surface area contributed by atoms with Crippen LogP contribution in [0.4, 0.5) is 4.79 Å². The Hall–Kier alpha value is -1.75. The fourth-order valence-corrected chi connectivity index (χ4v) is 2.57. The first-order valence-electron chi connectivity index (χ1n) is 6.48. The quantitative estimate of drug-likeness (QED) is 0.897. The summed E-state index contributed by atoms with van der Waals surface area (Å²) in [7, 11) is 1.55. The summed E-state index contributed by atoms with van der Waals surface area (Å²) in [4.78, 5) is 24.5. The molecule has 1 aliphatic carbocycles. The van der Waals surface area contributed by atoms with E-state index in [0.29, 0.717) is 16.1 Å². The Morgan fingerprint density at radius 2 is 2.10 bits per heavy atom. The second kappa shape index (κ2) is 5.71. The number of halogens is 1. The molecule has 0 aromatic heterocycles. The highest BCUT2D eigenvalue weighted by molar-refractivity contribution is 6.31. The molecular formula is C14H17ClN2O3. The van der Waals surface area contributed by atoms with Crippen LogP contribution in [0.2, 0.25) is 5.02 Å². The van der Waals surface area contributed by atoms with Crippen molar-refractivity contribution in [3.63, 3.8) is 0 Å². The third kappa shape index (κ3) is 2.88. The Balaban J connectivity index is 2.34. The predicted octanol–water partition coefficient (Wildman–Crippen LogP) is 2.90. The summed E-state index contributed by atoms with van der Waals surface area (Å²) >= 11 is 6.16. The van der Waals surface area contributed by atoms with Crippen molar-refractivity contribution in [2.24, 2.45) is 0 Å². The molecule has 5 nitrogen and oxygen atoms in total. The van der Waals surface area contributed by atoms with Gasteiger partial charge in [-0.05, 0) is 43.5 Å². The highest BCUT2D eigenvalue weighted by Gasteiger charge is 2.37. The zero-order chi connectivity index (χ0) is 14.9. The van der Waals surface area contributed by atoms with E-state index in [2.05, 4.69) is 5.32 Å². The molecule has 1 aromatic rings. The minimum Gasteiger partial charge on any atom is -0.465 e. The number of nitrogens with zero attached hydrogens (tertiary/aromatic N) is 1. The van der Waals surface area contributed by atoms with Crippen LogP contribution in [0.1, 0.15) is 41.7 Å². The fourth-order valence-electron chi connectivity index (χ4n) is 2.29. The van der Waals surface area contributed by atoms with Crippen molar-refractivity contribution in [1.29, 1.82) is 0 Å². The molecular weight excluding hydrogens is 280 g/mol. The van der Waals surface area contributed by atoms with E-state index in [4.69, 9.17) is 11.6 Å². The van der Waals surface area contributed by atoms with Gasteiger partial charge in [-0.3, -0.25) is 9.69 Å². The SMILES string of the molecule is CNC(=O)c1ccc(Cl)c(C(C)N(C(=O)O)C2CC2)c1. The maximum Gasteiger partial charge on any atom is 0.408 e. The maximum atomic E-state index is 11.7. The molecule has 0 bridgehead atoms. The van der Waals surface area contributed by atoms with Crippen LogP contribution in [0.5, 0.6) is 0 Å². The molecule has 0 aliphatic heterocycles. The summed E-state index contributed by atoms with van der Waals surface area (Å²) in [5, 5.41) is 12.3. The van der Waals surface area contributed by atoms with Crippen molar-refractivity contribution in [3.8, 4) is 0 Å². The van der Waals surface area contributed by atoms with Crippen LogP contribution in [-0.2, 0) is 0 Å². The smallest absolute Gasteiger partial charge is 0.408 e. The number of carboxylic acid groups (broad SMARTS) is 1. The molecule has 1 atom stereocenters. The van der Waals surface area contributed by atoms with Crippen molar-refractivity contribution in [3.05, 3.63) is 34.3 Å². The normalized spacial score (nSPS) is 15.6. The van der Waals surface area contributed by atoms with E-state index in [1.165, 1.54) is 4.90 Å². The number of hydrogen-bond acceptors (Lipinski definition) is 2. The van der Waals surface area contributed by atoms with Gasteiger partial charge in [-0.1, -0.05) is 11.6 Å². The van der Waals surface area contributed by atoms with E-state index >= 15 is 0 Å². The van der Waals surface area contributed by atoms with Gasteiger partial charge < -0.3 is 10.4 Å². The molecule has 0 saturated heterocycles. The van der Waals surface area contributed by atoms with Crippen molar-refractivity contribution < 1.29 is 14.7 Å². The first-order valence-corrected chi connectivity index (χ1v) is 6.86. The van der Waals surface area contributed by atoms with E-state index in [0.717, 1.165) is 12.8 Å². The number of amides is 2. The minimum absolute atomic E-state index is 0.0576. The molecule has 1 aliphatic rings. The summed E-state index contributed by atoms with van der Waals surface area (Å²) in [6.45, 7) is 1.79. The first kappa shape index (κ1) is 14.7. The molecule has 0 heterocycles. The standard InChI is InChI=1S/C14H17ClN2O3/c1-8(17(14(19)20)10-4-5-10)11-7-9(13(18)16-2)3-6-12(11)15/h3,6-8,10H,4-5H2,1-2H3,(H,16,18)(H,19,20). The largest absolute Gasteiger partial charge is 0.465 e. The van der Waals surface area contributed by atoms with Crippen molar-refractivity contribution in [2.75, 3.05) is 7.05 Å². The monoisotopic (exact) mass is 296 g/mol. The summed E-state index contributed by atoms with van der Waals surface area (Å²) in [6, 6.07) is 4.59. The zero-order valence-electron chi connectivity index (χ0n) is 11.4. The topological polar surface area (TPSA) is 69.6 Å². The van der Waals surface area contributed by atoms with Gasteiger partial charge in [0.25, 0.3) is 5.91 Å². The average molecular weight is 297 g/mol. The molecule has 2 N–H and O–H groups in total. The van der Waals surface area contributed by atoms with Gasteiger partial charge in [0.2, 0.25) is 0 Å². The maximum absolute atomic E-state index is 11.7. The van der Waals surface area contributed by atoms with Crippen LogP contribution >= 0.6 is 11.6 Å². The van der Waals surface area contributed by atoms with E-state index < -0.39 is 6.09 Å². The number of benzene rings is 1. The Morgan fingerprint density at radius 3 is 2.60 bits per heavy atom. The van der Waals surface area contributed by atoms with Gasteiger partial charge in [0.1, 0.15) is 0 Å². The van der Waals surface area contributed by atoms with Gasteiger partial charge in [-0.15, -0.1) is 0 Å². The summed E-state index contributed by atoms with van der Waals surface area (Å²) in [5.41, 5.74) is 1.13. The summed E-state index contributed by atoms with van der Waals surface area (Å²) in [6.07, 6.45) is 0.800. The molecule has 2 amide bonds. The Labute approximate surface area is 122 Å². The molecule has 6 heteroatoms. The molecule has 0 radical (unpaired) electrons. The molecule has 1 aromatic carbocycles. The Morgan fingerprint density at radius 1 is 1.45 bits per heavy atom. The van der Waals surface area contributed by atoms with Crippen LogP contribution in [0.15, 0.2) is 18.2 Å². The van der Waals surface area contributed by atoms with Crippen LogP contribution in [0, 0.1) is 0 Å². The van der Waals surface area contributed by atoms with Crippen LogP contribution < -0.4 is 5.32 Å². The lowest BCUT2D eigenvalue weighted by molar-refractivity contribution is 0.0963. The van der Waals surface area contributed by atoms with Crippen LogP contribution in [0.3, 0.4) is 0 Å². The zero-order valence-corrected chi connectivity index (χ0v) is 12.1. The number of carbonyl (C=O) groups is 2. The predicted molar refractivity (Wildman–Crippen MR) is 76.1 cm³/mol. The van der Waals surface area contributed by atoms with E-state index in [-0.39, 0.29) is 18.0 Å². The molecule has 0 spiro atoms.